The fourth-order valence-corrected chi connectivity index (χ4v) is 2.39. The molecular weight excluding hydrogens is 247 g/mol. The van der Waals surface area contributed by atoms with Crippen LogP contribution in [0.4, 0.5) is 10.1 Å². The Balaban J connectivity index is 2.48. The van der Waals surface area contributed by atoms with Crippen molar-refractivity contribution in [1.29, 1.82) is 0 Å². The summed E-state index contributed by atoms with van der Waals surface area (Å²) < 4.78 is 13.2. The van der Waals surface area contributed by atoms with E-state index >= 15 is 0 Å². The molecule has 0 radical (unpaired) electrons. The zero-order chi connectivity index (χ0) is 14.2. The van der Waals surface area contributed by atoms with E-state index < -0.39 is 12.1 Å². The number of benzene rings is 1. The number of hydrogen-bond donors (Lipinski definition) is 1. The van der Waals surface area contributed by atoms with Crippen molar-refractivity contribution in [1.82, 2.24) is 5.32 Å². The number of rotatable bonds is 2. The zero-order valence-corrected chi connectivity index (χ0v) is 11.2. The molecule has 1 N–H and O–H groups in total. The second kappa shape index (κ2) is 4.99. The van der Waals surface area contributed by atoms with Gasteiger partial charge in [-0.05, 0) is 44.0 Å². The van der Waals surface area contributed by atoms with Crippen molar-refractivity contribution in [2.75, 3.05) is 4.90 Å². The standard InChI is InChI=1S/C14H17FN2O2/c1-4-11-13(18)16-9(3)14(19)17(11)12-6-5-10(15)7-8(12)2/h5-7,9,11H,4H2,1-3H3,(H,16,18). The third kappa shape index (κ3) is 2.32. The number of carbonyl (C=O) groups excluding carboxylic acids is 2. The zero-order valence-electron chi connectivity index (χ0n) is 11.2. The van der Waals surface area contributed by atoms with Crippen LogP contribution >= 0.6 is 0 Å². The summed E-state index contributed by atoms with van der Waals surface area (Å²) in [6.45, 7) is 5.23. The SMILES string of the molecule is CCC1C(=O)NC(C)C(=O)N1c1ccc(F)cc1C. The Kier molecular flexibility index (Phi) is 3.55. The molecule has 1 aliphatic rings. The monoisotopic (exact) mass is 264 g/mol. The van der Waals surface area contributed by atoms with Gasteiger partial charge in [-0.25, -0.2) is 4.39 Å². The molecule has 0 aromatic heterocycles. The lowest BCUT2D eigenvalue weighted by molar-refractivity contribution is -0.133. The minimum atomic E-state index is -0.556. The molecule has 1 aliphatic heterocycles. The average Bonchev–Trinajstić information content (AvgIpc) is 2.34. The largest absolute Gasteiger partial charge is 0.343 e. The highest BCUT2D eigenvalue weighted by molar-refractivity contribution is 6.08. The molecule has 2 amide bonds. The van der Waals surface area contributed by atoms with Crippen molar-refractivity contribution in [3.63, 3.8) is 0 Å². The highest BCUT2D eigenvalue weighted by Gasteiger charge is 2.38. The van der Waals surface area contributed by atoms with E-state index in [0.717, 1.165) is 0 Å². The van der Waals surface area contributed by atoms with Gasteiger partial charge in [0.15, 0.2) is 0 Å². The molecule has 2 atom stereocenters. The van der Waals surface area contributed by atoms with Gasteiger partial charge in [0, 0.05) is 5.69 Å². The van der Waals surface area contributed by atoms with Gasteiger partial charge in [0.25, 0.3) is 0 Å². The van der Waals surface area contributed by atoms with Crippen LogP contribution in [-0.2, 0) is 9.59 Å². The van der Waals surface area contributed by atoms with Gasteiger partial charge in [-0.3, -0.25) is 14.5 Å². The summed E-state index contributed by atoms with van der Waals surface area (Å²) in [5, 5.41) is 2.66. The second-order valence-electron chi connectivity index (χ2n) is 4.79. The first-order valence-electron chi connectivity index (χ1n) is 6.35. The number of piperazine rings is 1. The third-order valence-electron chi connectivity index (χ3n) is 3.39. The maximum Gasteiger partial charge on any atom is 0.250 e. The quantitative estimate of drug-likeness (QED) is 0.885. The lowest BCUT2D eigenvalue weighted by Crippen LogP contribution is -2.62. The second-order valence-corrected chi connectivity index (χ2v) is 4.79. The fourth-order valence-electron chi connectivity index (χ4n) is 2.39. The number of aryl methyl sites for hydroxylation is 1. The molecular formula is C14H17FN2O2. The van der Waals surface area contributed by atoms with Gasteiger partial charge in [-0.2, -0.15) is 0 Å². The molecule has 1 aromatic rings. The van der Waals surface area contributed by atoms with Gasteiger partial charge in [0.05, 0.1) is 0 Å². The normalized spacial score (nSPS) is 23.5. The van der Waals surface area contributed by atoms with Crippen LogP contribution in [-0.4, -0.2) is 23.9 Å². The Morgan fingerprint density at radius 3 is 2.63 bits per heavy atom. The first-order valence-corrected chi connectivity index (χ1v) is 6.35. The number of amides is 2. The van der Waals surface area contributed by atoms with Crippen LogP contribution in [0.3, 0.4) is 0 Å². The first-order chi connectivity index (χ1) is 8.95. The lowest BCUT2D eigenvalue weighted by atomic mass is 10.0. The maximum atomic E-state index is 13.2. The van der Waals surface area contributed by atoms with Crippen LogP contribution in [0, 0.1) is 12.7 Å². The van der Waals surface area contributed by atoms with Crippen LogP contribution in [0.25, 0.3) is 0 Å². The number of hydrogen-bond acceptors (Lipinski definition) is 2. The molecule has 102 valence electrons. The number of nitrogens with zero attached hydrogens (tertiary/aromatic N) is 1. The molecule has 4 nitrogen and oxygen atoms in total. The molecule has 19 heavy (non-hydrogen) atoms. The molecule has 1 heterocycles. The minimum Gasteiger partial charge on any atom is -0.343 e. The molecule has 1 aromatic carbocycles. The van der Waals surface area contributed by atoms with Crippen molar-refractivity contribution in [2.45, 2.75) is 39.3 Å². The van der Waals surface area contributed by atoms with Crippen molar-refractivity contribution in [3.8, 4) is 0 Å². The number of halogens is 1. The molecule has 0 saturated carbocycles. The summed E-state index contributed by atoms with van der Waals surface area (Å²) in [4.78, 5) is 25.7. The molecule has 5 heteroatoms. The molecule has 1 fully saturated rings. The van der Waals surface area contributed by atoms with Crippen molar-refractivity contribution >= 4 is 17.5 Å². The van der Waals surface area contributed by atoms with E-state index in [1.165, 1.54) is 17.0 Å². The average molecular weight is 264 g/mol. The molecule has 2 rings (SSSR count). The Labute approximate surface area is 111 Å². The molecule has 2 unspecified atom stereocenters. The summed E-state index contributed by atoms with van der Waals surface area (Å²) in [5.41, 5.74) is 1.24. The van der Waals surface area contributed by atoms with Crippen molar-refractivity contribution in [2.24, 2.45) is 0 Å². The molecule has 0 spiro atoms. The van der Waals surface area contributed by atoms with Crippen LogP contribution in [0.2, 0.25) is 0 Å². The number of anilines is 1. The van der Waals surface area contributed by atoms with E-state index in [4.69, 9.17) is 0 Å². The Morgan fingerprint density at radius 2 is 2.05 bits per heavy atom. The highest BCUT2D eigenvalue weighted by atomic mass is 19.1. The van der Waals surface area contributed by atoms with Gasteiger partial charge in [0.2, 0.25) is 11.8 Å². The Hall–Kier alpha value is -1.91. The summed E-state index contributed by atoms with van der Waals surface area (Å²) in [6.07, 6.45) is 0.515. The molecule has 1 saturated heterocycles. The Bertz CT molecular complexity index is 530. The molecule has 0 aliphatic carbocycles. The Morgan fingerprint density at radius 1 is 1.37 bits per heavy atom. The van der Waals surface area contributed by atoms with E-state index in [-0.39, 0.29) is 17.6 Å². The topological polar surface area (TPSA) is 49.4 Å². The predicted molar refractivity (Wildman–Crippen MR) is 70.3 cm³/mol. The van der Waals surface area contributed by atoms with Crippen LogP contribution in [0.5, 0.6) is 0 Å². The highest BCUT2D eigenvalue weighted by Crippen LogP contribution is 2.27. The van der Waals surface area contributed by atoms with Crippen LogP contribution < -0.4 is 10.2 Å². The van der Waals surface area contributed by atoms with Crippen molar-refractivity contribution in [3.05, 3.63) is 29.6 Å². The third-order valence-corrected chi connectivity index (χ3v) is 3.39. The van der Waals surface area contributed by atoms with Gasteiger partial charge in [0.1, 0.15) is 17.9 Å². The van der Waals surface area contributed by atoms with E-state index in [1.807, 2.05) is 6.92 Å². The van der Waals surface area contributed by atoms with Crippen LogP contribution in [0.15, 0.2) is 18.2 Å². The maximum absolute atomic E-state index is 13.2. The smallest absolute Gasteiger partial charge is 0.250 e. The van der Waals surface area contributed by atoms with E-state index in [0.29, 0.717) is 17.7 Å². The first kappa shape index (κ1) is 13.5. The summed E-state index contributed by atoms with van der Waals surface area (Å²) >= 11 is 0. The fraction of sp³-hybridized carbons (Fsp3) is 0.429. The van der Waals surface area contributed by atoms with E-state index in [1.54, 1.807) is 19.9 Å². The summed E-state index contributed by atoms with van der Waals surface area (Å²) in [5.74, 6) is -0.684. The number of carbonyl (C=O) groups is 2. The lowest BCUT2D eigenvalue weighted by Gasteiger charge is -2.38. The predicted octanol–water partition coefficient (Wildman–Crippen LogP) is 1.76. The van der Waals surface area contributed by atoms with E-state index in [9.17, 15) is 14.0 Å². The van der Waals surface area contributed by atoms with Gasteiger partial charge >= 0.3 is 0 Å². The molecule has 0 bridgehead atoms. The van der Waals surface area contributed by atoms with E-state index in [2.05, 4.69) is 5.32 Å². The van der Waals surface area contributed by atoms with Crippen molar-refractivity contribution < 1.29 is 14.0 Å². The summed E-state index contributed by atoms with van der Waals surface area (Å²) in [6, 6.07) is 3.13. The van der Waals surface area contributed by atoms with Gasteiger partial charge in [-0.1, -0.05) is 6.92 Å². The van der Waals surface area contributed by atoms with Crippen LogP contribution in [0.1, 0.15) is 25.8 Å². The summed E-state index contributed by atoms with van der Waals surface area (Å²) in [7, 11) is 0. The minimum absolute atomic E-state index is 0.166. The number of nitrogens with one attached hydrogen (secondary N) is 1. The van der Waals surface area contributed by atoms with Gasteiger partial charge < -0.3 is 5.32 Å². The van der Waals surface area contributed by atoms with Gasteiger partial charge in [-0.15, -0.1) is 0 Å².